The first-order valence-corrected chi connectivity index (χ1v) is 7.48. The molecule has 2 N–H and O–H groups in total. The summed E-state index contributed by atoms with van der Waals surface area (Å²) in [7, 11) is 0. The molecular formula is C16H24N2O. The molecule has 3 rings (SSSR count). The zero-order valence-corrected chi connectivity index (χ0v) is 11.8. The average Bonchev–Trinajstić information content (AvgIpc) is 2.87. The Morgan fingerprint density at radius 1 is 1.26 bits per heavy atom. The first-order valence-electron chi connectivity index (χ1n) is 7.48. The number of nitrogens with two attached hydrogens (primary N) is 1. The molecule has 1 saturated heterocycles. The highest BCUT2D eigenvalue weighted by molar-refractivity contribution is 5.23. The van der Waals surface area contributed by atoms with Crippen molar-refractivity contribution in [3.05, 3.63) is 30.1 Å². The third kappa shape index (κ3) is 2.19. The quantitative estimate of drug-likeness (QED) is 0.889. The topological polar surface area (TPSA) is 48.1 Å². The lowest BCUT2D eigenvalue weighted by Crippen LogP contribution is -2.54. The number of hydrogen-bond donors (Lipinski definition) is 1. The summed E-state index contributed by atoms with van der Waals surface area (Å²) in [6.45, 7) is 2.95. The maximum absolute atomic E-state index is 6.39. The molecule has 19 heavy (non-hydrogen) atoms. The van der Waals surface area contributed by atoms with E-state index >= 15 is 0 Å². The average molecular weight is 260 g/mol. The predicted octanol–water partition coefficient (Wildman–Crippen LogP) is 2.79. The van der Waals surface area contributed by atoms with E-state index in [-0.39, 0.29) is 17.1 Å². The van der Waals surface area contributed by atoms with Crippen LogP contribution in [-0.4, -0.2) is 23.2 Å². The first-order chi connectivity index (χ1) is 9.17. The Balaban J connectivity index is 1.97. The molecule has 104 valence electrons. The second kappa shape index (κ2) is 4.88. The van der Waals surface area contributed by atoms with Gasteiger partial charge in [-0.1, -0.05) is 18.9 Å². The van der Waals surface area contributed by atoms with E-state index in [1.165, 1.54) is 25.7 Å². The highest BCUT2D eigenvalue weighted by Gasteiger charge is 2.50. The molecule has 2 aliphatic rings. The molecule has 2 unspecified atom stereocenters. The third-order valence-electron chi connectivity index (χ3n) is 5.16. The monoisotopic (exact) mass is 260 g/mol. The van der Waals surface area contributed by atoms with E-state index in [2.05, 4.69) is 24.0 Å². The predicted molar refractivity (Wildman–Crippen MR) is 75.9 cm³/mol. The number of hydrogen-bond acceptors (Lipinski definition) is 3. The summed E-state index contributed by atoms with van der Waals surface area (Å²) >= 11 is 0. The standard InChI is InChI=1S/C16H24N2O/c1-13(17)16(14-6-2-5-10-18-14)9-11-19-15(12-16)7-3-4-8-15/h2,5-6,10,13H,3-4,7-9,11-12,17H2,1H3. The van der Waals surface area contributed by atoms with Gasteiger partial charge in [0, 0.05) is 30.0 Å². The second-order valence-corrected chi connectivity index (χ2v) is 6.33. The number of rotatable bonds is 2. The van der Waals surface area contributed by atoms with Crippen LogP contribution >= 0.6 is 0 Å². The van der Waals surface area contributed by atoms with Crippen LogP contribution in [-0.2, 0) is 10.2 Å². The minimum absolute atomic E-state index is 0.0101. The zero-order valence-electron chi connectivity index (χ0n) is 11.8. The van der Waals surface area contributed by atoms with Gasteiger partial charge >= 0.3 is 0 Å². The molecule has 0 bridgehead atoms. The molecular weight excluding hydrogens is 236 g/mol. The van der Waals surface area contributed by atoms with E-state index in [4.69, 9.17) is 10.5 Å². The zero-order chi connectivity index (χ0) is 13.3. The summed E-state index contributed by atoms with van der Waals surface area (Å²) in [6, 6.07) is 6.30. The maximum Gasteiger partial charge on any atom is 0.0692 e. The van der Waals surface area contributed by atoms with Gasteiger partial charge < -0.3 is 10.5 Å². The van der Waals surface area contributed by atoms with E-state index in [0.29, 0.717) is 0 Å². The highest BCUT2D eigenvalue weighted by Crippen LogP contribution is 2.49. The van der Waals surface area contributed by atoms with Gasteiger partial charge in [-0.2, -0.15) is 0 Å². The van der Waals surface area contributed by atoms with Crippen molar-refractivity contribution in [1.82, 2.24) is 4.98 Å². The minimum atomic E-state index is -0.0101. The van der Waals surface area contributed by atoms with Crippen LogP contribution < -0.4 is 5.73 Å². The Morgan fingerprint density at radius 2 is 2.05 bits per heavy atom. The third-order valence-corrected chi connectivity index (χ3v) is 5.16. The molecule has 2 heterocycles. The van der Waals surface area contributed by atoms with E-state index in [1.807, 2.05) is 12.3 Å². The molecule has 3 heteroatoms. The summed E-state index contributed by atoms with van der Waals surface area (Å²) in [5.74, 6) is 0. The molecule has 1 aliphatic carbocycles. The summed E-state index contributed by atoms with van der Waals surface area (Å²) in [5.41, 5.74) is 7.60. The molecule has 1 aliphatic heterocycles. The summed E-state index contributed by atoms with van der Waals surface area (Å²) < 4.78 is 6.17. The number of pyridine rings is 1. The Bertz CT molecular complexity index is 426. The number of aromatic nitrogens is 1. The normalized spacial score (nSPS) is 31.5. The largest absolute Gasteiger partial charge is 0.375 e. The van der Waals surface area contributed by atoms with E-state index < -0.39 is 0 Å². The van der Waals surface area contributed by atoms with Gasteiger partial charge in [0.15, 0.2) is 0 Å². The van der Waals surface area contributed by atoms with Gasteiger partial charge in [-0.05, 0) is 44.7 Å². The smallest absolute Gasteiger partial charge is 0.0692 e. The summed E-state index contributed by atoms with van der Waals surface area (Å²) in [4.78, 5) is 4.61. The van der Waals surface area contributed by atoms with Gasteiger partial charge in [0.25, 0.3) is 0 Å². The SMILES string of the molecule is CC(N)C1(c2ccccn2)CCOC2(CCCC2)C1. The van der Waals surface area contributed by atoms with Crippen molar-refractivity contribution in [2.45, 2.75) is 62.5 Å². The van der Waals surface area contributed by atoms with Crippen molar-refractivity contribution < 1.29 is 4.74 Å². The van der Waals surface area contributed by atoms with Crippen molar-refractivity contribution in [3.63, 3.8) is 0 Å². The van der Waals surface area contributed by atoms with E-state index in [9.17, 15) is 0 Å². The van der Waals surface area contributed by atoms with Gasteiger partial charge in [0.2, 0.25) is 0 Å². The van der Waals surface area contributed by atoms with Crippen molar-refractivity contribution in [2.75, 3.05) is 6.61 Å². The Hall–Kier alpha value is -0.930. The van der Waals surface area contributed by atoms with Crippen LogP contribution in [0.25, 0.3) is 0 Å². The van der Waals surface area contributed by atoms with Crippen LogP contribution in [0.4, 0.5) is 0 Å². The van der Waals surface area contributed by atoms with Crippen LogP contribution in [0, 0.1) is 0 Å². The molecule has 0 amide bonds. The van der Waals surface area contributed by atoms with Crippen LogP contribution in [0.2, 0.25) is 0 Å². The van der Waals surface area contributed by atoms with Crippen molar-refractivity contribution in [2.24, 2.45) is 5.73 Å². The molecule has 0 aromatic carbocycles. The van der Waals surface area contributed by atoms with Crippen LogP contribution in [0.15, 0.2) is 24.4 Å². The molecule has 0 radical (unpaired) electrons. The second-order valence-electron chi connectivity index (χ2n) is 6.33. The fraction of sp³-hybridized carbons (Fsp3) is 0.688. The molecule has 2 fully saturated rings. The first kappa shape index (κ1) is 13.1. The number of nitrogens with zero attached hydrogens (tertiary/aromatic N) is 1. The van der Waals surface area contributed by atoms with Crippen molar-refractivity contribution in [1.29, 1.82) is 0 Å². The van der Waals surface area contributed by atoms with Gasteiger partial charge in [-0.3, -0.25) is 4.98 Å². The fourth-order valence-electron chi connectivity index (χ4n) is 4.00. The van der Waals surface area contributed by atoms with Gasteiger partial charge in [-0.25, -0.2) is 0 Å². The molecule has 1 aromatic heterocycles. The highest BCUT2D eigenvalue weighted by atomic mass is 16.5. The summed E-state index contributed by atoms with van der Waals surface area (Å²) in [5, 5.41) is 0. The minimum Gasteiger partial charge on any atom is -0.375 e. The lowest BCUT2D eigenvalue weighted by Gasteiger charge is -2.48. The molecule has 2 atom stereocenters. The van der Waals surface area contributed by atoms with Crippen molar-refractivity contribution in [3.8, 4) is 0 Å². The molecule has 1 spiro atoms. The Kier molecular flexibility index (Phi) is 3.35. The van der Waals surface area contributed by atoms with Gasteiger partial charge in [0.1, 0.15) is 0 Å². The number of ether oxygens (including phenoxy) is 1. The molecule has 1 saturated carbocycles. The lowest BCUT2D eigenvalue weighted by atomic mass is 9.66. The van der Waals surface area contributed by atoms with Crippen molar-refractivity contribution >= 4 is 0 Å². The van der Waals surface area contributed by atoms with Crippen LogP contribution in [0.1, 0.15) is 51.1 Å². The fourth-order valence-corrected chi connectivity index (χ4v) is 4.00. The summed E-state index contributed by atoms with van der Waals surface area (Å²) in [6.07, 6.45) is 8.87. The van der Waals surface area contributed by atoms with E-state index in [1.54, 1.807) is 0 Å². The molecule has 3 nitrogen and oxygen atoms in total. The van der Waals surface area contributed by atoms with Crippen LogP contribution in [0.5, 0.6) is 0 Å². The maximum atomic E-state index is 6.39. The van der Waals surface area contributed by atoms with Gasteiger partial charge in [-0.15, -0.1) is 0 Å². The lowest BCUT2D eigenvalue weighted by molar-refractivity contribution is -0.106. The van der Waals surface area contributed by atoms with E-state index in [0.717, 1.165) is 25.1 Å². The van der Waals surface area contributed by atoms with Gasteiger partial charge in [0.05, 0.1) is 5.60 Å². The Morgan fingerprint density at radius 3 is 2.68 bits per heavy atom. The Labute approximate surface area is 115 Å². The van der Waals surface area contributed by atoms with Crippen LogP contribution in [0.3, 0.4) is 0 Å². The molecule has 1 aromatic rings.